The Morgan fingerprint density at radius 1 is 1.30 bits per heavy atom. The van der Waals surface area contributed by atoms with E-state index in [1.54, 1.807) is 25.1 Å². The Kier molecular flexibility index (Phi) is 5.93. The summed E-state index contributed by atoms with van der Waals surface area (Å²) >= 11 is 3.38. The van der Waals surface area contributed by atoms with E-state index >= 15 is 0 Å². The van der Waals surface area contributed by atoms with E-state index in [4.69, 9.17) is 4.74 Å². The third-order valence-corrected chi connectivity index (χ3v) is 3.80. The molecule has 0 heterocycles. The van der Waals surface area contributed by atoms with Gasteiger partial charge >= 0.3 is 0 Å². The summed E-state index contributed by atoms with van der Waals surface area (Å²) in [5.74, 6) is -0.508. The minimum absolute atomic E-state index is 0.182. The molecule has 5 heteroatoms. The molecule has 2 aromatic carbocycles. The molecule has 1 N–H and O–H groups in total. The van der Waals surface area contributed by atoms with Crippen LogP contribution in [0.3, 0.4) is 0 Å². The SMILES string of the molecule is COc1ccc([C@H](C)NC(=O)/C=C/c2cccc(Br)c2)cc1F. The molecule has 0 aliphatic carbocycles. The van der Waals surface area contributed by atoms with Gasteiger partial charge in [0, 0.05) is 10.5 Å². The Morgan fingerprint density at radius 2 is 2.09 bits per heavy atom. The summed E-state index contributed by atoms with van der Waals surface area (Å²) in [7, 11) is 1.41. The van der Waals surface area contributed by atoms with Crippen molar-refractivity contribution in [3.63, 3.8) is 0 Å². The molecule has 120 valence electrons. The fraction of sp³-hybridized carbons (Fsp3) is 0.167. The Labute approximate surface area is 143 Å². The quantitative estimate of drug-likeness (QED) is 0.779. The molecule has 0 saturated carbocycles. The van der Waals surface area contributed by atoms with Crippen molar-refractivity contribution < 1.29 is 13.9 Å². The number of amides is 1. The van der Waals surface area contributed by atoms with E-state index < -0.39 is 5.82 Å². The highest BCUT2D eigenvalue weighted by Gasteiger charge is 2.11. The number of methoxy groups -OCH3 is 1. The minimum Gasteiger partial charge on any atom is -0.494 e. The molecular formula is C18H17BrFNO2. The Bertz CT molecular complexity index is 731. The smallest absolute Gasteiger partial charge is 0.244 e. The van der Waals surface area contributed by atoms with Crippen LogP contribution in [0.4, 0.5) is 4.39 Å². The van der Waals surface area contributed by atoms with Gasteiger partial charge in [-0.15, -0.1) is 0 Å². The van der Waals surface area contributed by atoms with Crippen molar-refractivity contribution in [3.05, 3.63) is 70.0 Å². The molecule has 0 radical (unpaired) electrons. The van der Waals surface area contributed by atoms with E-state index in [1.165, 1.54) is 19.3 Å². The summed E-state index contributed by atoms with van der Waals surface area (Å²) in [6, 6.07) is 11.9. The molecule has 0 spiro atoms. The summed E-state index contributed by atoms with van der Waals surface area (Å²) in [5, 5.41) is 2.80. The fourth-order valence-electron chi connectivity index (χ4n) is 2.08. The molecule has 23 heavy (non-hydrogen) atoms. The third-order valence-electron chi connectivity index (χ3n) is 3.31. The zero-order valence-electron chi connectivity index (χ0n) is 12.8. The number of hydrogen-bond acceptors (Lipinski definition) is 2. The molecule has 0 unspecified atom stereocenters. The zero-order valence-corrected chi connectivity index (χ0v) is 14.4. The maximum Gasteiger partial charge on any atom is 0.244 e. The molecule has 0 aliphatic heterocycles. The highest BCUT2D eigenvalue weighted by Crippen LogP contribution is 2.21. The monoisotopic (exact) mass is 377 g/mol. The predicted molar refractivity (Wildman–Crippen MR) is 92.7 cm³/mol. The number of ether oxygens (including phenoxy) is 1. The van der Waals surface area contributed by atoms with Gasteiger partial charge < -0.3 is 10.1 Å². The van der Waals surface area contributed by atoms with Gasteiger partial charge in [0.25, 0.3) is 0 Å². The van der Waals surface area contributed by atoms with E-state index in [9.17, 15) is 9.18 Å². The first kappa shape index (κ1) is 17.2. The summed E-state index contributed by atoms with van der Waals surface area (Å²) in [4.78, 5) is 12.0. The van der Waals surface area contributed by atoms with Crippen LogP contribution in [0.25, 0.3) is 6.08 Å². The molecule has 0 aliphatic rings. The maximum absolute atomic E-state index is 13.7. The number of hydrogen-bond donors (Lipinski definition) is 1. The predicted octanol–water partition coefficient (Wildman–Crippen LogP) is 4.49. The lowest BCUT2D eigenvalue weighted by atomic mass is 10.1. The highest BCUT2D eigenvalue weighted by molar-refractivity contribution is 9.10. The van der Waals surface area contributed by atoms with E-state index in [2.05, 4.69) is 21.2 Å². The summed E-state index contributed by atoms with van der Waals surface area (Å²) in [6.07, 6.45) is 3.18. The van der Waals surface area contributed by atoms with Crippen molar-refractivity contribution >= 4 is 27.9 Å². The zero-order chi connectivity index (χ0) is 16.8. The lowest BCUT2D eigenvalue weighted by molar-refractivity contribution is -0.117. The van der Waals surface area contributed by atoms with Crippen LogP contribution < -0.4 is 10.1 Å². The van der Waals surface area contributed by atoms with Crippen molar-refractivity contribution in [2.75, 3.05) is 7.11 Å². The van der Waals surface area contributed by atoms with Gasteiger partial charge in [-0.2, -0.15) is 0 Å². The first-order valence-electron chi connectivity index (χ1n) is 7.07. The van der Waals surface area contributed by atoms with Crippen molar-refractivity contribution in [3.8, 4) is 5.75 Å². The van der Waals surface area contributed by atoms with E-state index in [0.717, 1.165) is 10.0 Å². The Balaban J connectivity index is 2.00. The van der Waals surface area contributed by atoms with Crippen LogP contribution in [0.5, 0.6) is 5.75 Å². The average molecular weight is 378 g/mol. The number of halogens is 2. The second-order valence-electron chi connectivity index (χ2n) is 5.01. The number of rotatable bonds is 5. The fourth-order valence-corrected chi connectivity index (χ4v) is 2.50. The number of carbonyl (C=O) groups excluding carboxylic acids is 1. The molecular weight excluding hydrogens is 361 g/mol. The van der Waals surface area contributed by atoms with E-state index in [1.807, 2.05) is 24.3 Å². The van der Waals surface area contributed by atoms with Gasteiger partial charge in [-0.3, -0.25) is 4.79 Å². The molecule has 1 atom stereocenters. The maximum atomic E-state index is 13.7. The van der Waals surface area contributed by atoms with Crippen molar-refractivity contribution in [2.45, 2.75) is 13.0 Å². The van der Waals surface area contributed by atoms with Gasteiger partial charge in [-0.25, -0.2) is 4.39 Å². The highest BCUT2D eigenvalue weighted by atomic mass is 79.9. The Morgan fingerprint density at radius 3 is 2.74 bits per heavy atom. The van der Waals surface area contributed by atoms with Crippen LogP contribution in [0.2, 0.25) is 0 Å². The van der Waals surface area contributed by atoms with Crippen molar-refractivity contribution in [1.29, 1.82) is 0 Å². The summed E-state index contributed by atoms with van der Waals surface area (Å²) in [5.41, 5.74) is 1.59. The van der Waals surface area contributed by atoms with Gasteiger partial charge in [0.15, 0.2) is 11.6 Å². The number of nitrogens with one attached hydrogen (secondary N) is 1. The molecule has 3 nitrogen and oxygen atoms in total. The lowest BCUT2D eigenvalue weighted by Gasteiger charge is -2.14. The van der Waals surface area contributed by atoms with Crippen LogP contribution in [0.1, 0.15) is 24.1 Å². The van der Waals surface area contributed by atoms with Crippen LogP contribution in [-0.2, 0) is 4.79 Å². The normalized spacial score (nSPS) is 12.2. The number of benzene rings is 2. The van der Waals surface area contributed by atoms with Crippen molar-refractivity contribution in [1.82, 2.24) is 5.32 Å². The summed E-state index contributed by atoms with van der Waals surface area (Å²) in [6.45, 7) is 1.80. The van der Waals surface area contributed by atoms with Gasteiger partial charge in [-0.1, -0.05) is 34.1 Å². The van der Waals surface area contributed by atoms with Gasteiger partial charge in [0.1, 0.15) is 0 Å². The van der Waals surface area contributed by atoms with Crippen LogP contribution in [0, 0.1) is 5.82 Å². The topological polar surface area (TPSA) is 38.3 Å². The Hall–Kier alpha value is -2.14. The van der Waals surface area contributed by atoms with Crippen LogP contribution in [0.15, 0.2) is 53.0 Å². The molecule has 2 rings (SSSR count). The van der Waals surface area contributed by atoms with Crippen molar-refractivity contribution in [2.24, 2.45) is 0 Å². The molecule has 0 fully saturated rings. The second kappa shape index (κ2) is 7.92. The van der Waals surface area contributed by atoms with Crippen LogP contribution >= 0.6 is 15.9 Å². The second-order valence-corrected chi connectivity index (χ2v) is 5.93. The molecule has 1 amide bonds. The average Bonchev–Trinajstić information content (AvgIpc) is 2.53. The van der Waals surface area contributed by atoms with E-state index in [0.29, 0.717) is 5.56 Å². The van der Waals surface area contributed by atoms with E-state index in [-0.39, 0.29) is 17.7 Å². The minimum atomic E-state index is -0.448. The summed E-state index contributed by atoms with van der Waals surface area (Å²) < 4.78 is 19.5. The lowest BCUT2D eigenvalue weighted by Crippen LogP contribution is -2.24. The molecule has 2 aromatic rings. The molecule has 0 bridgehead atoms. The molecule has 0 saturated heterocycles. The first-order valence-corrected chi connectivity index (χ1v) is 7.86. The number of carbonyl (C=O) groups is 1. The van der Waals surface area contributed by atoms with Gasteiger partial charge in [0.05, 0.1) is 13.2 Å². The van der Waals surface area contributed by atoms with Crippen LogP contribution in [-0.4, -0.2) is 13.0 Å². The first-order chi connectivity index (χ1) is 11.0. The van der Waals surface area contributed by atoms with Gasteiger partial charge in [0.2, 0.25) is 5.91 Å². The largest absolute Gasteiger partial charge is 0.494 e. The van der Waals surface area contributed by atoms with Gasteiger partial charge in [-0.05, 0) is 48.4 Å². The molecule has 0 aromatic heterocycles. The third kappa shape index (κ3) is 4.93. The standard InChI is InChI=1S/C18H17BrFNO2/c1-12(14-7-8-17(23-2)16(20)11-14)21-18(22)9-6-13-4-3-5-15(19)10-13/h3-12H,1-2H3,(H,21,22)/b9-6+/t12-/m0/s1.